The molecule has 2 N–H and O–H groups in total. The summed E-state index contributed by atoms with van der Waals surface area (Å²) in [5.41, 5.74) is 0.553. The second kappa shape index (κ2) is 12.8. The number of hydrogen-bond donors (Lipinski definition) is 2. The first kappa shape index (κ1) is 29.6. The first-order valence-electron chi connectivity index (χ1n) is 13.5. The van der Waals surface area contributed by atoms with E-state index in [1.807, 2.05) is 0 Å². The predicted molar refractivity (Wildman–Crippen MR) is 148 cm³/mol. The number of phenols is 1. The van der Waals surface area contributed by atoms with Crippen molar-refractivity contribution in [1.82, 2.24) is 9.21 Å². The molecule has 0 bridgehead atoms. The lowest BCUT2D eigenvalue weighted by Crippen LogP contribution is -2.31. The number of aliphatic hydroxyl groups excluding tert-OH is 1. The summed E-state index contributed by atoms with van der Waals surface area (Å²) in [4.78, 5) is 27.9. The molecule has 2 fully saturated rings. The molecule has 2 heterocycles. The lowest BCUT2D eigenvalue weighted by molar-refractivity contribution is -0.140. The van der Waals surface area contributed by atoms with Crippen LogP contribution in [0.2, 0.25) is 0 Å². The van der Waals surface area contributed by atoms with Crippen LogP contribution in [0.4, 0.5) is 0 Å². The van der Waals surface area contributed by atoms with E-state index in [0.29, 0.717) is 31.7 Å². The van der Waals surface area contributed by atoms with Crippen molar-refractivity contribution >= 4 is 27.5 Å². The number of amides is 1. The number of ketones is 1. The van der Waals surface area contributed by atoms with E-state index in [-0.39, 0.29) is 40.7 Å². The summed E-state index contributed by atoms with van der Waals surface area (Å²) >= 11 is 0. The number of carbonyl (C=O) groups excluding carboxylic acids is 2. The van der Waals surface area contributed by atoms with Crippen molar-refractivity contribution in [3.8, 4) is 11.5 Å². The highest BCUT2D eigenvalue weighted by Gasteiger charge is 2.46. The third kappa shape index (κ3) is 6.01. The van der Waals surface area contributed by atoms with Gasteiger partial charge in [0.2, 0.25) is 10.0 Å². The van der Waals surface area contributed by atoms with Gasteiger partial charge in [-0.05, 0) is 68.1 Å². The lowest BCUT2D eigenvalue weighted by Gasteiger charge is -2.26. The van der Waals surface area contributed by atoms with E-state index in [4.69, 9.17) is 9.47 Å². The lowest BCUT2D eigenvalue weighted by atomic mass is 9.95. The van der Waals surface area contributed by atoms with Crippen LogP contribution in [0.5, 0.6) is 11.5 Å². The number of aliphatic hydroxyl groups is 1. The molecule has 11 heteroatoms. The zero-order valence-electron chi connectivity index (χ0n) is 22.8. The smallest absolute Gasteiger partial charge is 0.295 e. The molecule has 0 aliphatic carbocycles. The SMILES string of the molecule is CCOc1cc([C@H]2C(=C(O)c3ccc(S(=O)(=O)N4CCCCCC4)cc3)C(=O)C(=O)N2CCCOC)ccc1O. The fourth-order valence-corrected chi connectivity index (χ4v) is 6.70. The molecule has 2 aromatic carbocycles. The highest BCUT2D eigenvalue weighted by atomic mass is 32.2. The predicted octanol–water partition coefficient (Wildman–Crippen LogP) is 3.81. The van der Waals surface area contributed by atoms with E-state index >= 15 is 0 Å². The van der Waals surface area contributed by atoms with Gasteiger partial charge in [0.05, 0.1) is 23.1 Å². The van der Waals surface area contributed by atoms with Crippen LogP contribution >= 0.6 is 0 Å². The molecule has 216 valence electrons. The van der Waals surface area contributed by atoms with Crippen LogP contribution in [0.1, 0.15) is 56.2 Å². The Morgan fingerprint density at radius 3 is 2.33 bits per heavy atom. The molecule has 1 atom stereocenters. The molecule has 2 saturated heterocycles. The average Bonchev–Trinajstić information content (AvgIpc) is 3.13. The first-order chi connectivity index (χ1) is 19.2. The van der Waals surface area contributed by atoms with E-state index in [0.717, 1.165) is 25.7 Å². The number of phenolic OH excluding ortho intramolecular Hbond substituents is 1. The summed E-state index contributed by atoms with van der Waals surface area (Å²) in [6.45, 7) is 3.54. The van der Waals surface area contributed by atoms with Gasteiger partial charge in [0, 0.05) is 38.9 Å². The van der Waals surface area contributed by atoms with Gasteiger partial charge in [-0.15, -0.1) is 0 Å². The Labute approximate surface area is 234 Å². The van der Waals surface area contributed by atoms with Gasteiger partial charge < -0.3 is 24.6 Å². The number of methoxy groups -OCH3 is 1. The minimum absolute atomic E-state index is 0.0943. The highest BCUT2D eigenvalue weighted by Crippen LogP contribution is 2.42. The number of Topliss-reactive ketones (excluding diaryl/α,β-unsaturated/α-hetero) is 1. The fraction of sp³-hybridized carbons (Fsp3) is 0.448. The van der Waals surface area contributed by atoms with Crippen LogP contribution in [0, 0.1) is 0 Å². The Morgan fingerprint density at radius 2 is 1.70 bits per heavy atom. The molecule has 40 heavy (non-hydrogen) atoms. The van der Waals surface area contributed by atoms with Crippen molar-refractivity contribution in [1.29, 1.82) is 0 Å². The van der Waals surface area contributed by atoms with Crippen molar-refractivity contribution in [2.45, 2.75) is 50.0 Å². The van der Waals surface area contributed by atoms with Crippen molar-refractivity contribution in [3.63, 3.8) is 0 Å². The average molecular weight is 573 g/mol. The summed E-state index contributed by atoms with van der Waals surface area (Å²) in [5.74, 6) is -1.95. The van der Waals surface area contributed by atoms with Crippen LogP contribution in [-0.4, -0.2) is 79.5 Å². The molecule has 2 aromatic rings. The number of aromatic hydroxyl groups is 1. The van der Waals surface area contributed by atoms with Gasteiger partial charge in [-0.25, -0.2) is 8.42 Å². The van der Waals surface area contributed by atoms with Crippen LogP contribution in [0.3, 0.4) is 0 Å². The number of nitrogens with zero attached hydrogens (tertiary/aromatic N) is 2. The molecule has 0 radical (unpaired) electrons. The molecular weight excluding hydrogens is 536 g/mol. The Morgan fingerprint density at radius 1 is 1.02 bits per heavy atom. The van der Waals surface area contributed by atoms with E-state index in [2.05, 4.69) is 0 Å². The molecule has 0 saturated carbocycles. The number of rotatable bonds is 10. The maximum atomic E-state index is 13.3. The van der Waals surface area contributed by atoms with Crippen LogP contribution in [0.15, 0.2) is 52.9 Å². The summed E-state index contributed by atoms with van der Waals surface area (Å²) in [6.07, 6.45) is 4.07. The van der Waals surface area contributed by atoms with Crippen LogP contribution in [-0.2, 0) is 24.3 Å². The minimum Gasteiger partial charge on any atom is -0.507 e. The van der Waals surface area contributed by atoms with E-state index in [1.165, 1.54) is 46.6 Å². The molecule has 0 unspecified atom stereocenters. The Hall–Kier alpha value is -3.41. The summed E-state index contributed by atoms with van der Waals surface area (Å²) in [5, 5.41) is 21.6. The van der Waals surface area contributed by atoms with E-state index in [9.17, 15) is 28.2 Å². The maximum absolute atomic E-state index is 13.3. The van der Waals surface area contributed by atoms with Gasteiger partial charge in [0.1, 0.15) is 5.76 Å². The maximum Gasteiger partial charge on any atom is 0.295 e. The fourth-order valence-electron chi connectivity index (χ4n) is 5.18. The summed E-state index contributed by atoms with van der Waals surface area (Å²) < 4.78 is 38.5. The molecule has 4 rings (SSSR count). The van der Waals surface area contributed by atoms with Gasteiger partial charge in [-0.1, -0.05) is 18.9 Å². The van der Waals surface area contributed by atoms with Crippen molar-refractivity contribution < 1.29 is 37.7 Å². The zero-order valence-corrected chi connectivity index (χ0v) is 23.7. The molecule has 2 aliphatic rings. The second-order valence-corrected chi connectivity index (χ2v) is 11.8. The number of carbonyl (C=O) groups is 2. The topological polar surface area (TPSA) is 134 Å². The molecule has 10 nitrogen and oxygen atoms in total. The molecule has 2 aliphatic heterocycles. The Kier molecular flexibility index (Phi) is 9.49. The molecule has 0 spiro atoms. The largest absolute Gasteiger partial charge is 0.507 e. The highest BCUT2D eigenvalue weighted by molar-refractivity contribution is 7.89. The van der Waals surface area contributed by atoms with Crippen LogP contribution in [0.25, 0.3) is 5.76 Å². The minimum atomic E-state index is -3.70. The molecule has 0 aromatic heterocycles. The van der Waals surface area contributed by atoms with Crippen molar-refractivity contribution in [2.24, 2.45) is 0 Å². The monoisotopic (exact) mass is 572 g/mol. The standard InChI is InChI=1S/C29H36N2O8S/c1-3-39-24-19-21(11-14-23(24)32)26-25(28(34)29(35)31(26)17-8-18-38-2)27(33)20-9-12-22(13-10-20)40(36,37)30-15-6-4-5-7-16-30/h9-14,19,26,32-33H,3-8,15-18H2,1-2H3/t26-/m0/s1. The third-order valence-electron chi connectivity index (χ3n) is 7.22. The zero-order chi connectivity index (χ0) is 28.9. The second-order valence-electron chi connectivity index (χ2n) is 9.84. The third-order valence-corrected chi connectivity index (χ3v) is 9.13. The first-order valence-corrected chi connectivity index (χ1v) is 15.0. The number of sulfonamides is 1. The van der Waals surface area contributed by atoms with Crippen LogP contribution < -0.4 is 4.74 Å². The number of hydrogen-bond acceptors (Lipinski definition) is 8. The Bertz CT molecular complexity index is 1360. The van der Waals surface area contributed by atoms with Gasteiger partial charge in [0.15, 0.2) is 11.5 Å². The molecular formula is C29H36N2O8S. The number of likely N-dealkylation sites (tertiary alicyclic amines) is 1. The summed E-state index contributed by atoms with van der Waals surface area (Å²) in [6, 6.07) is 9.29. The van der Waals surface area contributed by atoms with Gasteiger partial charge >= 0.3 is 0 Å². The summed E-state index contributed by atoms with van der Waals surface area (Å²) in [7, 11) is -2.16. The van der Waals surface area contributed by atoms with E-state index in [1.54, 1.807) is 19.1 Å². The van der Waals surface area contributed by atoms with Gasteiger partial charge in [-0.3, -0.25) is 9.59 Å². The Balaban J connectivity index is 1.74. The normalized spacial score (nSPS) is 20.1. The quantitative estimate of drug-likeness (QED) is 0.190. The number of ether oxygens (including phenoxy) is 2. The van der Waals surface area contributed by atoms with Crippen molar-refractivity contribution in [2.75, 3.05) is 40.0 Å². The molecule has 1 amide bonds. The van der Waals surface area contributed by atoms with Gasteiger partial charge in [-0.2, -0.15) is 4.31 Å². The van der Waals surface area contributed by atoms with Crippen molar-refractivity contribution in [3.05, 3.63) is 59.2 Å². The number of benzene rings is 2. The van der Waals surface area contributed by atoms with Gasteiger partial charge in [0.25, 0.3) is 11.7 Å². The van der Waals surface area contributed by atoms with E-state index < -0.39 is 33.5 Å².